The first-order valence-electron chi connectivity index (χ1n) is 8.91. The number of para-hydroxylation sites is 1. The van der Waals surface area contributed by atoms with Gasteiger partial charge < -0.3 is 9.88 Å². The Morgan fingerprint density at radius 1 is 1.11 bits per heavy atom. The lowest BCUT2D eigenvalue weighted by Crippen LogP contribution is -2.16. The van der Waals surface area contributed by atoms with Crippen LogP contribution in [0.2, 0.25) is 0 Å². The van der Waals surface area contributed by atoms with Gasteiger partial charge in [-0.1, -0.05) is 12.1 Å². The van der Waals surface area contributed by atoms with Crippen molar-refractivity contribution in [1.29, 1.82) is 0 Å². The van der Waals surface area contributed by atoms with Crippen molar-refractivity contribution in [3.8, 4) is 11.4 Å². The number of carbonyl (C=O) groups excluding carboxylic acids is 1. The molecular formula is C20H17F3N4O. The van der Waals surface area contributed by atoms with Crippen LogP contribution < -0.4 is 5.32 Å². The molecule has 0 spiro atoms. The van der Waals surface area contributed by atoms with Gasteiger partial charge in [0.25, 0.3) is 5.91 Å². The number of aryl methyl sites for hydroxylation is 1. The van der Waals surface area contributed by atoms with Gasteiger partial charge >= 0.3 is 6.18 Å². The molecule has 0 saturated heterocycles. The second kappa shape index (κ2) is 7.10. The van der Waals surface area contributed by atoms with E-state index in [1.54, 1.807) is 12.1 Å². The second-order valence-electron chi connectivity index (χ2n) is 6.64. The van der Waals surface area contributed by atoms with Gasteiger partial charge in [-0.05, 0) is 37.5 Å². The van der Waals surface area contributed by atoms with Crippen LogP contribution in [0.4, 0.5) is 18.9 Å². The number of pyridine rings is 1. The molecule has 0 radical (unpaired) electrons. The van der Waals surface area contributed by atoms with Gasteiger partial charge in [-0.15, -0.1) is 0 Å². The predicted molar refractivity (Wildman–Crippen MR) is 97.8 cm³/mol. The van der Waals surface area contributed by atoms with E-state index in [1.807, 2.05) is 18.3 Å². The summed E-state index contributed by atoms with van der Waals surface area (Å²) in [6, 6.07) is 7.93. The molecule has 4 rings (SSSR count). The van der Waals surface area contributed by atoms with Crippen molar-refractivity contribution in [2.24, 2.45) is 0 Å². The molecule has 0 aliphatic carbocycles. The van der Waals surface area contributed by atoms with Crippen LogP contribution in [0.3, 0.4) is 0 Å². The van der Waals surface area contributed by atoms with Gasteiger partial charge in [-0.25, -0.2) is 4.98 Å². The van der Waals surface area contributed by atoms with E-state index < -0.39 is 17.6 Å². The van der Waals surface area contributed by atoms with Crippen molar-refractivity contribution in [3.63, 3.8) is 0 Å². The van der Waals surface area contributed by atoms with Crippen LogP contribution in [-0.4, -0.2) is 20.4 Å². The monoisotopic (exact) mass is 386 g/mol. The lowest BCUT2D eigenvalue weighted by atomic mass is 10.1. The van der Waals surface area contributed by atoms with Crippen molar-refractivity contribution in [2.75, 3.05) is 5.32 Å². The number of nitrogens with zero attached hydrogens (tertiary/aromatic N) is 3. The standard InChI is InChI=1S/C20H17F3N4O/c21-20(22,23)14-9-13(10-24-11-14)19(28)26-17-7-2-1-6-16(17)18-25-12-15-5-3-4-8-27(15)18/h1-2,6-7,9-12H,3-5,8H2,(H,26,28). The highest BCUT2D eigenvalue weighted by atomic mass is 19.4. The van der Waals surface area contributed by atoms with Crippen molar-refractivity contribution >= 4 is 11.6 Å². The fraction of sp³-hybridized carbons (Fsp3) is 0.250. The van der Waals surface area contributed by atoms with E-state index in [2.05, 4.69) is 19.9 Å². The average molecular weight is 386 g/mol. The summed E-state index contributed by atoms with van der Waals surface area (Å²) in [5.41, 5.74) is 1.24. The number of hydrogen-bond donors (Lipinski definition) is 1. The quantitative estimate of drug-likeness (QED) is 0.718. The molecule has 1 N–H and O–H groups in total. The first-order valence-corrected chi connectivity index (χ1v) is 8.91. The number of fused-ring (bicyclic) bond motifs is 1. The molecule has 1 amide bonds. The lowest BCUT2D eigenvalue weighted by Gasteiger charge is -2.18. The first kappa shape index (κ1) is 18.2. The highest BCUT2D eigenvalue weighted by Crippen LogP contribution is 2.31. The normalized spacial score (nSPS) is 13.8. The molecule has 28 heavy (non-hydrogen) atoms. The summed E-state index contributed by atoms with van der Waals surface area (Å²) in [6.07, 6.45) is 2.22. The molecule has 3 heterocycles. The average Bonchev–Trinajstić information content (AvgIpc) is 3.12. The molecule has 0 unspecified atom stereocenters. The number of imidazole rings is 1. The van der Waals surface area contributed by atoms with Crippen molar-refractivity contribution < 1.29 is 18.0 Å². The third kappa shape index (κ3) is 3.49. The largest absolute Gasteiger partial charge is 0.417 e. The number of hydrogen-bond acceptors (Lipinski definition) is 3. The molecular weight excluding hydrogens is 369 g/mol. The number of rotatable bonds is 3. The zero-order valence-electron chi connectivity index (χ0n) is 14.8. The summed E-state index contributed by atoms with van der Waals surface area (Å²) in [5, 5.41) is 2.70. The Bertz CT molecular complexity index is 1030. The number of anilines is 1. The van der Waals surface area contributed by atoms with Crippen molar-refractivity contribution in [3.05, 3.63) is 65.7 Å². The molecule has 0 fully saturated rings. The minimum Gasteiger partial charge on any atom is -0.328 e. The molecule has 5 nitrogen and oxygen atoms in total. The second-order valence-corrected chi connectivity index (χ2v) is 6.64. The maximum atomic E-state index is 12.9. The maximum Gasteiger partial charge on any atom is 0.417 e. The van der Waals surface area contributed by atoms with E-state index in [4.69, 9.17) is 0 Å². The number of halogens is 3. The summed E-state index contributed by atoms with van der Waals surface area (Å²) < 4.78 is 40.8. The molecule has 1 aliphatic rings. The molecule has 3 aromatic rings. The summed E-state index contributed by atoms with van der Waals surface area (Å²) in [4.78, 5) is 20.6. The summed E-state index contributed by atoms with van der Waals surface area (Å²) >= 11 is 0. The van der Waals surface area contributed by atoms with Gasteiger partial charge in [0.1, 0.15) is 5.82 Å². The molecule has 144 valence electrons. The number of aromatic nitrogens is 3. The zero-order valence-corrected chi connectivity index (χ0v) is 14.8. The molecule has 0 bridgehead atoms. The Morgan fingerprint density at radius 2 is 1.93 bits per heavy atom. The summed E-state index contributed by atoms with van der Waals surface area (Å²) in [6.45, 7) is 0.852. The van der Waals surface area contributed by atoms with Crippen LogP contribution in [0, 0.1) is 0 Å². The van der Waals surface area contributed by atoms with Gasteiger partial charge in [-0.2, -0.15) is 13.2 Å². The third-order valence-electron chi connectivity index (χ3n) is 4.75. The van der Waals surface area contributed by atoms with Crippen LogP contribution in [0.15, 0.2) is 48.9 Å². The Kier molecular flexibility index (Phi) is 4.62. The van der Waals surface area contributed by atoms with Crippen LogP contribution in [0.5, 0.6) is 0 Å². The Hall–Kier alpha value is -3.16. The number of nitrogens with one attached hydrogen (secondary N) is 1. The fourth-order valence-corrected chi connectivity index (χ4v) is 3.35. The Labute approximate surface area is 159 Å². The minimum atomic E-state index is -4.56. The first-order chi connectivity index (χ1) is 13.4. The topological polar surface area (TPSA) is 59.8 Å². The van der Waals surface area contributed by atoms with Gasteiger partial charge in [0, 0.05) is 36.4 Å². The number of benzene rings is 1. The van der Waals surface area contributed by atoms with Crippen molar-refractivity contribution in [1.82, 2.24) is 14.5 Å². The van der Waals surface area contributed by atoms with Crippen LogP contribution in [0.1, 0.15) is 34.5 Å². The third-order valence-corrected chi connectivity index (χ3v) is 4.75. The van der Waals surface area contributed by atoms with E-state index in [0.29, 0.717) is 11.9 Å². The Morgan fingerprint density at radius 3 is 2.75 bits per heavy atom. The van der Waals surface area contributed by atoms with Crippen LogP contribution >= 0.6 is 0 Å². The maximum absolute atomic E-state index is 12.9. The number of carbonyl (C=O) groups is 1. The van der Waals surface area contributed by atoms with Gasteiger partial charge in [-0.3, -0.25) is 9.78 Å². The minimum absolute atomic E-state index is 0.158. The van der Waals surface area contributed by atoms with E-state index in [-0.39, 0.29) is 5.56 Å². The molecule has 1 aromatic carbocycles. The van der Waals surface area contributed by atoms with E-state index in [0.717, 1.165) is 55.2 Å². The van der Waals surface area contributed by atoms with Gasteiger partial charge in [0.15, 0.2) is 0 Å². The molecule has 0 saturated carbocycles. The van der Waals surface area contributed by atoms with Gasteiger partial charge in [0.05, 0.1) is 16.8 Å². The van der Waals surface area contributed by atoms with E-state index in [1.165, 1.54) is 0 Å². The van der Waals surface area contributed by atoms with Gasteiger partial charge in [0.2, 0.25) is 0 Å². The number of amides is 1. The lowest BCUT2D eigenvalue weighted by molar-refractivity contribution is -0.137. The highest BCUT2D eigenvalue weighted by Gasteiger charge is 2.31. The summed E-state index contributed by atoms with van der Waals surface area (Å²) in [5.74, 6) is 0.0873. The zero-order chi connectivity index (χ0) is 19.7. The predicted octanol–water partition coefficient (Wildman–Crippen LogP) is 4.55. The molecule has 0 atom stereocenters. The van der Waals surface area contributed by atoms with Crippen LogP contribution in [0.25, 0.3) is 11.4 Å². The number of alkyl halides is 3. The smallest absolute Gasteiger partial charge is 0.328 e. The summed E-state index contributed by atoms with van der Waals surface area (Å²) in [7, 11) is 0. The van der Waals surface area contributed by atoms with Crippen molar-refractivity contribution in [2.45, 2.75) is 32.0 Å². The van der Waals surface area contributed by atoms with E-state index >= 15 is 0 Å². The highest BCUT2D eigenvalue weighted by molar-refractivity contribution is 6.06. The molecule has 1 aliphatic heterocycles. The Balaban J connectivity index is 1.65. The SMILES string of the molecule is O=C(Nc1ccccc1-c1ncc2n1CCCC2)c1cncc(C(F)(F)F)c1. The molecule has 8 heteroatoms. The molecule has 2 aromatic heterocycles. The van der Waals surface area contributed by atoms with Crippen LogP contribution in [-0.2, 0) is 19.1 Å². The fourth-order valence-electron chi connectivity index (χ4n) is 3.35. The van der Waals surface area contributed by atoms with E-state index in [9.17, 15) is 18.0 Å².